The Hall–Kier alpha value is -1.72. The second kappa shape index (κ2) is 5.07. The van der Waals surface area contributed by atoms with E-state index in [1.165, 1.54) is 0 Å². The van der Waals surface area contributed by atoms with Gasteiger partial charge in [0.05, 0.1) is 11.4 Å². The van der Waals surface area contributed by atoms with E-state index in [-0.39, 0.29) is 17.9 Å². The van der Waals surface area contributed by atoms with Crippen LogP contribution in [-0.2, 0) is 11.8 Å². The van der Waals surface area contributed by atoms with Gasteiger partial charge in [-0.05, 0) is 12.8 Å². The highest BCUT2D eigenvalue weighted by Gasteiger charge is 2.19. The highest BCUT2D eigenvalue weighted by molar-refractivity contribution is 5.84. The van der Waals surface area contributed by atoms with Gasteiger partial charge in [-0.2, -0.15) is 5.10 Å². The maximum Gasteiger partial charge on any atom is 0.241 e. The first-order valence-electron chi connectivity index (χ1n) is 5.69. The molecule has 4 N–H and O–H groups in total. The maximum absolute atomic E-state index is 11.4. The average molecular weight is 239 g/mol. The van der Waals surface area contributed by atoms with Gasteiger partial charge in [0, 0.05) is 14.1 Å². The van der Waals surface area contributed by atoms with Gasteiger partial charge >= 0.3 is 0 Å². The molecule has 0 aliphatic heterocycles. The normalized spacial score (nSPS) is 12.6. The van der Waals surface area contributed by atoms with Gasteiger partial charge < -0.3 is 16.4 Å². The van der Waals surface area contributed by atoms with Crippen LogP contribution in [0.25, 0.3) is 0 Å². The molecule has 0 bridgehead atoms. The number of hydrogen-bond acceptors (Lipinski definition) is 4. The second-order valence-electron chi connectivity index (χ2n) is 4.41. The highest BCUT2D eigenvalue weighted by Crippen LogP contribution is 2.27. The third kappa shape index (κ3) is 2.69. The monoisotopic (exact) mass is 239 g/mol. The topological polar surface area (TPSA) is 85.0 Å². The van der Waals surface area contributed by atoms with Gasteiger partial charge in [-0.3, -0.25) is 9.48 Å². The molecule has 0 aromatic carbocycles. The molecule has 1 aromatic heterocycles. The summed E-state index contributed by atoms with van der Waals surface area (Å²) in [5.74, 6) is 0.855. The van der Waals surface area contributed by atoms with E-state index < -0.39 is 0 Å². The molecule has 0 saturated carbocycles. The van der Waals surface area contributed by atoms with Crippen molar-refractivity contribution in [1.29, 1.82) is 0 Å². The molecular formula is C11H21N5O. The zero-order valence-corrected chi connectivity index (χ0v) is 11.0. The Morgan fingerprint density at radius 3 is 2.41 bits per heavy atom. The Bertz CT molecular complexity index is 410. The number of carbonyl (C=O) groups is 1. The van der Waals surface area contributed by atoms with Crippen molar-refractivity contribution in [2.75, 3.05) is 18.1 Å². The number of likely N-dealkylation sites (N-methyl/N-ethyl adjacent to an activating group) is 1. The molecule has 6 heteroatoms. The lowest BCUT2D eigenvalue weighted by atomic mass is 10.1. The summed E-state index contributed by atoms with van der Waals surface area (Å²) in [5.41, 5.74) is 7.47. The Kier molecular flexibility index (Phi) is 3.98. The molecule has 1 atom stereocenters. The van der Waals surface area contributed by atoms with Crippen molar-refractivity contribution >= 4 is 17.4 Å². The molecule has 1 aromatic rings. The van der Waals surface area contributed by atoms with Crippen LogP contribution in [0.15, 0.2) is 0 Å². The van der Waals surface area contributed by atoms with Crippen LogP contribution in [0.5, 0.6) is 0 Å². The molecule has 1 unspecified atom stereocenters. The van der Waals surface area contributed by atoms with Gasteiger partial charge in [0.15, 0.2) is 0 Å². The predicted octanol–water partition coefficient (Wildman–Crippen LogP) is 0.672. The highest BCUT2D eigenvalue weighted by atomic mass is 16.2. The molecule has 6 nitrogen and oxygen atoms in total. The van der Waals surface area contributed by atoms with Crippen LogP contribution in [0.1, 0.15) is 32.4 Å². The van der Waals surface area contributed by atoms with Crippen molar-refractivity contribution in [2.45, 2.75) is 32.7 Å². The van der Waals surface area contributed by atoms with Gasteiger partial charge in [-0.1, -0.05) is 13.8 Å². The minimum absolute atomic E-state index is 0.0864. The van der Waals surface area contributed by atoms with E-state index in [1.807, 2.05) is 13.8 Å². The van der Waals surface area contributed by atoms with Crippen LogP contribution < -0.4 is 16.4 Å². The largest absolute Gasteiger partial charge is 0.394 e. The van der Waals surface area contributed by atoms with Gasteiger partial charge in [0.1, 0.15) is 11.9 Å². The number of aryl methyl sites for hydroxylation is 1. The molecule has 96 valence electrons. The zero-order valence-electron chi connectivity index (χ0n) is 11.0. The molecule has 1 rings (SSSR count). The third-order valence-electron chi connectivity index (χ3n) is 2.65. The lowest BCUT2D eigenvalue weighted by Crippen LogP contribution is -2.35. The minimum Gasteiger partial charge on any atom is -0.394 e. The first-order chi connectivity index (χ1) is 7.88. The first kappa shape index (κ1) is 13.3. The predicted molar refractivity (Wildman–Crippen MR) is 68.9 cm³/mol. The van der Waals surface area contributed by atoms with Crippen LogP contribution in [0, 0.1) is 0 Å². The van der Waals surface area contributed by atoms with Crippen molar-refractivity contribution in [3.05, 3.63) is 5.69 Å². The molecule has 0 fully saturated rings. The van der Waals surface area contributed by atoms with E-state index >= 15 is 0 Å². The number of carbonyl (C=O) groups excluding carboxylic acids is 1. The second-order valence-corrected chi connectivity index (χ2v) is 4.41. The fraction of sp³-hybridized carbons (Fsp3) is 0.636. The summed E-state index contributed by atoms with van der Waals surface area (Å²) in [4.78, 5) is 11.4. The number of rotatable bonds is 4. The fourth-order valence-corrected chi connectivity index (χ4v) is 1.65. The third-order valence-corrected chi connectivity index (χ3v) is 2.65. The van der Waals surface area contributed by atoms with E-state index in [0.717, 1.165) is 5.69 Å². The van der Waals surface area contributed by atoms with Crippen molar-refractivity contribution < 1.29 is 4.79 Å². The van der Waals surface area contributed by atoms with Crippen LogP contribution in [-0.4, -0.2) is 28.8 Å². The van der Waals surface area contributed by atoms with E-state index in [2.05, 4.69) is 15.7 Å². The molecule has 1 amide bonds. The number of nitrogens with two attached hydrogens (primary N) is 1. The molecule has 0 aliphatic rings. The summed E-state index contributed by atoms with van der Waals surface area (Å²) in [6.45, 7) is 5.84. The number of nitrogens with zero attached hydrogens (tertiary/aromatic N) is 2. The van der Waals surface area contributed by atoms with Crippen molar-refractivity contribution in [2.24, 2.45) is 7.05 Å². The Balaban J connectivity index is 2.95. The molecule has 1 heterocycles. The Morgan fingerprint density at radius 1 is 1.41 bits per heavy atom. The molecule has 0 spiro atoms. The summed E-state index contributed by atoms with van der Waals surface area (Å²) < 4.78 is 1.67. The smallest absolute Gasteiger partial charge is 0.241 e. The van der Waals surface area contributed by atoms with E-state index in [4.69, 9.17) is 5.73 Å². The number of nitrogens with one attached hydrogen (secondary N) is 2. The number of hydrogen-bond donors (Lipinski definition) is 3. The van der Waals surface area contributed by atoms with Gasteiger partial charge in [-0.25, -0.2) is 0 Å². The van der Waals surface area contributed by atoms with Crippen molar-refractivity contribution in [3.63, 3.8) is 0 Å². The van der Waals surface area contributed by atoms with Gasteiger partial charge in [0.2, 0.25) is 5.91 Å². The quantitative estimate of drug-likeness (QED) is 0.721. The maximum atomic E-state index is 11.4. The first-order valence-corrected chi connectivity index (χ1v) is 5.69. The number of anilines is 2. The molecule has 17 heavy (non-hydrogen) atoms. The minimum atomic E-state index is -0.349. The number of aromatic nitrogens is 2. The number of amides is 1. The van der Waals surface area contributed by atoms with Gasteiger partial charge in [-0.15, -0.1) is 0 Å². The van der Waals surface area contributed by atoms with Crippen LogP contribution in [0.2, 0.25) is 0 Å². The number of nitrogen functional groups attached to an aromatic ring is 1. The Labute approximate surface area is 102 Å². The van der Waals surface area contributed by atoms with E-state index in [0.29, 0.717) is 11.5 Å². The SMILES string of the molecule is CNC(=O)C(C)Nc1c(N)c(C(C)C)nn1C. The van der Waals surface area contributed by atoms with Crippen LogP contribution >= 0.6 is 0 Å². The zero-order chi connectivity index (χ0) is 13.2. The molecule has 0 aliphatic carbocycles. The summed E-state index contributed by atoms with van der Waals surface area (Å²) in [6.07, 6.45) is 0. The van der Waals surface area contributed by atoms with E-state index in [9.17, 15) is 4.79 Å². The lowest BCUT2D eigenvalue weighted by Gasteiger charge is -2.14. The summed E-state index contributed by atoms with van der Waals surface area (Å²) >= 11 is 0. The van der Waals surface area contributed by atoms with E-state index in [1.54, 1.807) is 25.7 Å². The molecular weight excluding hydrogens is 218 g/mol. The standard InChI is InChI=1S/C11H21N5O/c1-6(2)9-8(12)10(16(5)15-9)14-7(3)11(17)13-4/h6-7,14H,12H2,1-5H3,(H,13,17). The summed E-state index contributed by atoms with van der Waals surface area (Å²) in [5, 5.41) is 9.99. The van der Waals surface area contributed by atoms with Crippen LogP contribution in [0.3, 0.4) is 0 Å². The lowest BCUT2D eigenvalue weighted by molar-refractivity contribution is -0.121. The summed E-state index contributed by atoms with van der Waals surface area (Å²) in [6, 6.07) is -0.349. The molecule has 0 radical (unpaired) electrons. The fourth-order valence-electron chi connectivity index (χ4n) is 1.65. The van der Waals surface area contributed by atoms with Crippen LogP contribution in [0.4, 0.5) is 11.5 Å². The Morgan fingerprint density at radius 2 is 2.00 bits per heavy atom. The molecule has 0 saturated heterocycles. The summed E-state index contributed by atoms with van der Waals surface area (Å²) in [7, 11) is 3.41. The van der Waals surface area contributed by atoms with Crippen molar-refractivity contribution in [1.82, 2.24) is 15.1 Å². The average Bonchev–Trinajstić information content (AvgIpc) is 2.55. The van der Waals surface area contributed by atoms with Gasteiger partial charge in [0.25, 0.3) is 0 Å². The van der Waals surface area contributed by atoms with Crippen molar-refractivity contribution in [3.8, 4) is 0 Å².